The van der Waals surface area contributed by atoms with E-state index in [1.165, 1.54) is 0 Å². The molecule has 2 amide bonds. The normalized spacial score (nSPS) is 23.4. The number of rotatable bonds is 11. The molecule has 8 rings (SSSR count). The molecule has 0 bridgehead atoms. The van der Waals surface area contributed by atoms with E-state index in [-0.39, 0.29) is 23.7 Å². The Labute approximate surface area is 314 Å². The third-order valence-corrected chi connectivity index (χ3v) is 13.1. The van der Waals surface area contributed by atoms with Crippen molar-refractivity contribution in [2.75, 3.05) is 56.6 Å². The number of carbonyl (C=O) groups excluding carboxylic acids is 3. The van der Waals surface area contributed by atoms with Crippen molar-refractivity contribution < 1.29 is 23.2 Å². The van der Waals surface area contributed by atoms with Gasteiger partial charge in [0, 0.05) is 97.9 Å². The second-order valence-electron chi connectivity index (χ2n) is 16.2. The molecule has 2 saturated heterocycles. The zero-order valence-corrected chi connectivity index (χ0v) is 31.3. The Balaban J connectivity index is 0.818. The van der Waals surface area contributed by atoms with Crippen LogP contribution >= 0.6 is 0 Å². The standard InChI is InChI=1S/C41H50F2N8O3/c1-40-22-34-31(21-35(40)41(40,42)43)37(48-47-34)33-19-27-6-8-29(20-32(27)46-33)49(3)39(54)26-12-14-50(15-13-26)24-25-10-16-51(17-11-25)36-9-7-28(23-45-36)30(5-4-18-52)38(53)44-2/h6-9,18-20,23,25-26,30,35,46H,4-5,10-17,21-22,24H2,1-3H3,(H,44,53)(H,47,48). The number of carbonyl (C=O) groups is 3. The van der Waals surface area contributed by atoms with Crippen LogP contribution in [0.3, 0.4) is 0 Å². The Kier molecular flexibility index (Phi) is 9.56. The Hall–Kier alpha value is -4.65. The molecular formula is C41H50F2N8O3. The highest BCUT2D eigenvalue weighted by atomic mass is 19.3. The first-order valence-electron chi connectivity index (χ1n) is 19.4. The summed E-state index contributed by atoms with van der Waals surface area (Å²) in [6, 6.07) is 11.9. The minimum atomic E-state index is -2.64. The van der Waals surface area contributed by atoms with Crippen molar-refractivity contribution in [3.63, 3.8) is 0 Å². The molecule has 1 aromatic carbocycles. The zero-order valence-electron chi connectivity index (χ0n) is 31.3. The molecule has 4 aliphatic rings. The molecule has 0 radical (unpaired) electrons. The Morgan fingerprint density at radius 3 is 2.57 bits per heavy atom. The number of aromatic nitrogens is 4. The number of H-pyrrole nitrogens is 2. The van der Waals surface area contributed by atoms with Crippen molar-refractivity contribution >= 4 is 40.5 Å². The van der Waals surface area contributed by atoms with Crippen molar-refractivity contribution in [3.8, 4) is 11.4 Å². The lowest BCUT2D eigenvalue weighted by Crippen LogP contribution is -2.44. The number of hydrogen-bond acceptors (Lipinski definition) is 7. The number of nitrogens with zero attached hydrogens (tertiary/aromatic N) is 5. The lowest BCUT2D eigenvalue weighted by atomic mass is 9.87. The van der Waals surface area contributed by atoms with E-state index in [4.69, 9.17) is 0 Å². The fourth-order valence-electron chi connectivity index (χ4n) is 9.40. The van der Waals surface area contributed by atoms with Gasteiger partial charge in [-0.3, -0.25) is 14.7 Å². The number of fused-ring (bicyclic) bond motifs is 3. The molecule has 13 heteroatoms. The molecule has 3 N–H and O–H groups in total. The van der Waals surface area contributed by atoms with Crippen LogP contribution in [-0.2, 0) is 27.2 Å². The largest absolute Gasteiger partial charge is 0.359 e. The van der Waals surface area contributed by atoms with Gasteiger partial charge in [0.25, 0.3) is 5.92 Å². The van der Waals surface area contributed by atoms with Gasteiger partial charge < -0.3 is 29.8 Å². The molecule has 54 heavy (non-hydrogen) atoms. The molecule has 1 saturated carbocycles. The average molecular weight is 741 g/mol. The van der Waals surface area contributed by atoms with E-state index < -0.39 is 17.3 Å². The highest BCUT2D eigenvalue weighted by Crippen LogP contribution is 2.70. The molecule has 2 aliphatic carbocycles. The maximum Gasteiger partial charge on any atom is 0.258 e. The molecule has 5 heterocycles. The number of anilines is 2. The number of aromatic amines is 2. The first-order valence-corrected chi connectivity index (χ1v) is 19.4. The average Bonchev–Trinajstić information content (AvgIpc) is 3.57. The van der Waals surface area contributed by atoms with Gasteiger partial charge >= 0.3 is 0 Å². The predicted molar refractivity (Wildman–Crippen MR) is 204 cm³/mol. The summed E-state index contributed by atoms with van der Waals surface area (Å²) in [7, 11) is 3.46. The van der Waals surface area contributed by atoms with E-state index in [1.807, 2.05) is 43.4 Å². The molecular weight excluding hydrogens is 690 g/mol. The van der Waals surface area contributed by atoms with Crippen LogP contribution in [-0.4, -0.2) is 95.9 Å². The van der Waals surface area contributed by atoms with Gasteiger partial charge in [0.05, 0.1) is 11.6 Å². The van der Waals surface area contributed by atoms with Gasteiger partial charge in [0.15, 0.2) is 0 Å². The van der Waals surface area contributed by atoms with Crippen LogP contribution in [0.25, 0.3) is 22.3 Å². The van der Waals surface area contributed by atoms with Gasteiger partial charge in [0.1, 0.15) is 17.8 Å². The molecule has 2 aliphatic heterocycles. The van der Waals surface area contributed by atoms with Gasteiger partial charge in [-0.2, -0.15) is 5.10 Å². The third-order valence-electron chi connectivity index (χ3n) is 13.1. The molecule has 11 nitrogen and oxygen atoms in total. The number of hydrogen-bond donors (Lipinski definition) is 3. The van der Waals surface area contributed by atoms with Gasteiger partial charge in [-0.1, -0.05) is 19.1 Å². The summed E-state index contributed by atoms with van der Waals surface area (Å²) in [6.07, 6.45) is 7.87. The summed E-state index contributed by atoms with van der Waals surface area (Å²) < 4.78 is 29.0. The quantitative estimate of drug-likeness (QED) is 0.168. The van der Waals surface area contributed by atoms with Gasteiger partial charge in [-0.15, -0.1) is 0 Å². The number of pyridine rings is 1. The maximum absolute atomic E-state index is 14.5. The Morgan fingerprint density at radius 2 is 1.87 bits per heavy atom. The number of piperidine rings is 2. The molecule has 3 atom stereocenters. The molecule has 286 valence electrons. The fourth-order valence-corrected chi connectivity index (χ4v) is 9.40. The zero-order chi connectivity index (χ0) is 37.8. The Bertz CT molecular complexity index is 2030. The monoisotopic (exact) mass is 740 g/mol. The number of aldehydes is 1. The number of benzene rings is 1. The van der Waals surface area contributed by atoms with Crippen molar-refractivity contribution in [2.45, 2.75) is 70.1 Å². The SMILES string of the molecule is CNC(=O)C(CCC=O)c1ccc(N2CCC(CN3CCC(C(=O)N(C)c4ccc5cc(-c6n[nH]c7c6CC6C(F)(F)C6(C)C7)[nH]c5c4)CC3)CC2)nc1. The van der Waals surface area contributed by atoms with E-state index in [0.29, 0.717) is 37.3 Å². The lowest BCUT2D eigenvalue weighted by Gasteiger charge is -2.38. The summed E-state index contributed by atoms with van der Waals surface area (Å²) in [5.74, 6) is -2.14. The van der Waals surface area contributed by atoms with Crippen molar-refractivity contribution in [1.29, 1.82) is 0 Å². The number of likely N-dealkylation sites (tertiary alicyclic amines) is 1. The maximum atomic E-state index is 14.5. The highest BCUT2D eigenvalue weighted by Gasteiger charge is 2.78. The minimum Gasteiger partial charge on any atom is -0.359 e. The number of alkyl halides is 2. The van der Waals surface area contributed by atoms with Crippen molar-refractivity contribution in [1.82, 2.24) is 30.4 Å². The van der Waals surface area contributed by atoms with Gasteiger partial charge in [0.2, 0.25) is 11.8 Å². The molecule has 3 aromatic heterocycles. The highest BCUT2D eigenvalue weighted by molar-refractivity contribution is 5.97. The van der Waals surface area contributed by atoms with Crippen LogP contribution < -0.4 is 15.1 Å². The van der Waals surface area contributed by atoms with Crippen molar-refractivity contribution in [3.05, 3.63) is 59.4 Å². The van der Waals surface area contributed by atoms with E-state index in [9.17, 15) is 23.2 Å². The smallest absolute Gasteiger partial charge is 0.258 e. The van der Waals surface area contributed by atoms with E-state index >= 15 is 0 Å². The summed E-state index contributed by atoms with van der Waals surface area (Å²) in [5.41, 5.74) is 4.75. The van der Waals surface area contributed by atoms with Crippen LogP contribution in [0.2, 0.25) is 0 Å². The topological polar surface area (TPSA) is 130 Å². The molecule has 3 fully saturated rings. The lowest BCUT2D eigenvalue weighted by molar-refractivity contribution is -0.124. The summed E-state index contributed by atoms with van der Waals surface area (Å²) in [4.78, 5) is 51.7. The summed E-state index contributed by atoms with van der Waals surface area (Å²) in [6.45, 7) is 6.38. The fraction of sp³-hybridized carbons (Fsp3) is 0.537. The van der Waals surface area contributed by atoms with Crippen LogP contribution in [0.15, 0.2) is 42.6 Å². The van der Waals surface area contributed by atoms with E-state index in [1.54, 1.807) is 25.1 Å². The first-order chi connectivity index (χ1) is 26.0. The summed E-state index contributed by atoms with van der Waals surface area (Å²) in [5, 5.41) is 11.2. The van der Waals surface area contributed by atoms with Crippen LogP contribution in [0, 0.1) is 23.2 Å². The van der Waals surface area contributed by atoms with Crippen LogP contribution in [0.4, 0.5) is 20.3 Å². The van der Waals surface area contributed by atoms with Gasteiger partial charge in [-0.05, 0) is 87.4 Å². The second-order valence-corrected chi connectivity index (χ2v) is 16.2. The molecule has 4 aromatic rings. The van der Waals surface area contributed by atoms with E-state index in [2.05, 4.69) is 35.3 Å². The summed E-state index contributed by atoms with van der Waals surface area (Å²) >= 11 is 0. The minimum absolute atomic E-state index is 0.0275. The number of halogens is 2. The Morgan fingerprint density at radius 1 is 1.09 bits per heavy atom. The number of nitrogens with one attached hydrogen (secondary N) is 3. The van der Waals surface area contributed by atoms with Gasteiger partial charge in [-0.25, -0.2) is 13.8 Å². The third kappa shape index (κ3) is 6.47. The second kappa shape index (κ2) is 14.2. The number of amides is 2. The van der Waals surface area contributed by atoms with Crippen LogP contribution in [0.5, 0.6) is 0 Å². The molecule has 0 spiro atoms. The first kappa shape index (κ1) is 36.3. The van der Waals surface area contributed by atoms with Crippen molar-refractivity contribution in [2.24, 2.45) is 23.2 Å². The molecule has 3 unspecified atom stereocenters. The number of likely N-dealkylation sites (N-methyl/N-ethyl adjacent to an activating group) is 1. The predicted octanol–water partition coefficient (Wildman–Crippen LogP) is 5.72. The van der Waals surface area contributed by atoms with E-state index in [0.717, 1.165) is 110 Å². The van der Waals surface area contributed by atoms with Crippen LogP contribution in [0.1, 0.15) is 68.2 Å².